The first-order valence-electron chi connectivity index (χ1n) is 8.04. The van der Waals surface area contributed by atoms with Crippen molar-refractivity contribution in [1.82, 2.24) is 0 Å². The smallest absolute Gasteiger partial charge is 0.309 e. The number of anilines is 1. The number of rotatable bonds is 6. The van der Waals surface area contributed by atoms with Crippen LogP contribution in [0.2, 0.25) is 0 Å². The van der Waals surface area contributed by atoms with Crippen molar-refractivity contribution in [2.45, 2.75) is 41.5 Å². The molecule has 1 aromatic carbocycles. The van der Waals surface area contributed by atoms with Gasteiger partial charge in [-0.1, -0.05) is 39.8 Å². The molecule has 132 valence electrons. The predicted octanol–water partition coefficient (Wildman–Crippen LogP) is 4.60. The third-order valence-corrected chi connectivity index (χ3v) is 3.71. The molecule has 0 aliphatic rings. The minimum atomic E-state index is -0.223. The van der Waals surface area contributed by atoms with Crippen molar-refractivity contribution in [3.05, 3.63) is 29.3 Å². The minimum absolute atomic E-state index is 0.142. The summed E-state index contributed by atoms with van der Waals surface area (Å²) in [5.41, 5.74) is 3.24. The van der Waals surface area contributed by atoms with Crippen molar-refractivity contribution in [2.75, 3.05) is 11.3 Å². The quantitative estimate of drug-likeness (QED) is 0.268. The summed E-state index contributed by atoms with van der Waals surface area (Å²) in [6.07, 6.45) is 1.77. The maximum Gasteiger partial charge on any atom is 0.309 e. The van der Waals surface area contributed by atoms with Gasteiger partial charge in [0.05, 0.1) is 5.92 Å². The molecule has 0 spiro atoms. The highest BCUT2D eigenvalue weighted by atomic mass is 32.2. The molecule has 0 radical (unpaired) electrons. The van der Waals surface area contributed by atoms with Crippen LogP contribution in [0.5, 0.6) is 0 Å². The summed E-state index contributed by atoms with van der Waals surface area (Å²) in [5.74, 6) is 0.154. The van der Waals surface area contributed by atoms with E-state index in [0.717, 1.165) is 16.8 Å². The lowest BCUT2D eigenvalue weighted by Crippen LogP contribution is -2.14. The fraction of sp³-hybridized carbons (Fsp3) is 0.500. The normalized spacial score (nSPS) is 12.2. The second-order valence-electron chi connectivity index (χ2n) is 6.24. The van der Waals surface area contributed by atoms with E-state index in [-0.39, 0.29) is 17.8 Å². The van der Waals surface area contributed by atoms with Gasteiger partial charge in [0.15, 0.2) is 5.17 Å². The summed E-state index contributed by atoms with van der Waals surface area (Å²) in [6.45, 7) is 11.8. The number of thioether (sulfide) groups is 1. The minimum Gasteiger partial charge on any atom is -0.454 e. The number of hydrogen-bond donors (Lipinski definition) is 1. The van der Waals surface area contributed by atoms with Gasteiger partial charge in [0, 0.05) is 11.9 Å². The summed E-state index contributed by atoms with van der Waals surface area (Å²) < 4.78 is 5.20. The average Bonchev–Trinajstić information content (AvgIpc) is 2.50. The summed E-state index contributed by atoms with van der Waals surface area (Å²) in [7, 11) is 0. The molecule has 0 aliphatic heterocycles. The zero-order valence-electron chi connectivity index (χ0n) is 15.3. The fourth-order valence-corrected chi connectivity index (χ4v) is 2.18. The van der Waals surface area contributed by atoms with E-state index in [1.807, 2.05) is 41.5 Å². The molecule has 0 amide bonds. The molecule has 0 aliphatic carbocycles. The molecule has 1 N–H and O–H groups in total. The Morgan fingerprint density at radius 3 is 2.62 bits per heavy atom. The maximum atomic E-state index is 11.6. The lowest BCUT2D eigenvalue weighted by Gasteiger charge is -2.12. The highest BCUT2D eigenvalue weighted by molar-refractivity contribution is 8.14. The van der Waals surface area contributed by atoms with Gasteiger partial charge in [-0.15, -0.1) is 5.10 Å². The van der Waals surface area contributed by atoms with E-state index in [4.69, 9.17) is 4.74 Å². The van der Waals surface area contributed by atoms with E-state index in [9.17, 15) is 4.79 Å². The molecule has 24 heavy (non-hydrogen) atoms. The van der Waals surface area contributed by atoms with Crippen LogP contribution < -0.4 is 5.32 Å². The molecule has 6 heteroatoms. The van der Waals surface area contributed by atoms with Crippen LogP contribution in [-0.4, -0.2) is 23.3 Å². The molecule has 5 nitrogen and oxygen atoms in total. The van der Waals surface area contributed by atoms with Gasteiger partial charge in [-0.3, -0.25) is 4.79 Å². The molecule has 0 saturated carbocycles. The molecule has 1 rings (SSSR count). The molecule has 0 atom stereocenters. The van der Waals surface area contributed by atoms with Crippen molar-refractivity contribution in [3.8, 4) is 0 Å². The van der Waals surface area contributed by atoms with Gasteiger partial charge < -0.3 is 10.1 Å². The van der Waals surface area contributed by atoms with Gasteiger partial charge in [-0.25, -0.2) is 0 Å². The molecule has 0 aromatic heterocycles. The van der Waals surface area contributed by atoms with Crippen LogP contribution in [0.25, 0.3) is 0 Å². The SMILES string of the molecule is Cc1ccc(C)c(N/C(=N/N=C/C(C)C)SCOC(=O)C(C)C)c1. The molecule has 0 bridgehead atoms. The second kappa shape index (κ2) is 10.1. The van der Waals surface area contributed by atoms with Crippen LogP contribution in [0, 0.1) is 25.7 Å². The van der Waals surface area contributed by atoms with Crippen LogP contribution in [0.3, 0.4) is 0 Å². The average molecular weight is 350 g/mol. The number of carbonyl (C=O) groups excluding carboxylic acids is 1. The third-order valence-electron chi connectivity index (χ3n) is 3.02. The Balaban J connectivity index is 2.81. The van der Waals surface area contributed by atoms with Gasteiger partial charge in [0.25, 0.3) is 0 Å². The van der Waals surface area contributed by atoms with E-state index in [1.54, 1.807) is 6.21 Å². The van der Waals surface area contributed by atoms with Crippen molar-refractivity contribution in [1.29, 1.82) is 0 Å². The number of nitrogens with zero attached hydrogens (tertiary/aromatic N) is 2. The van der Waals surface area contributed by atoms with E-state index >= 15 is 0 Å². The Labute approximate surface area is 149 Å². The Hall–Kier alpha value is -1.82. The maximum absolute atomic E-state index is 11.6. The van der Waals surface area contributed by atoms with Crippen LogP contribution in [0.4, 0.5) is 5.69 Å². The van der Waals surface area contributed by atoms with Gasteiger partial charge in [-0.2, -0.15) is 5.10 Å². The first-order chi connectivity index (χ1) is 11.3. The zero-order chi connectivity index (χ0) is 18.1. The number of carbonyl (C=O) groups is 1. The number of hydrogen-bond acceptors (Lipinski definition) is 5. The van der Waals surface area contributed by atoms with Crippen LogP contribution in [-0.2, 0) is 9.53 Å². The monoisotopic (exact) mass is 349 g/mol. The lowest BCUT2D eigenvalue weighted by molar-refractivity contribution is -0.144. The van der Waals surface area contributed by atoms with Gasteiger partial charge in [0.1, 0.15) is 5.94 Å². The Kier molecular flexibility index (Phi) is 8.54. The molecule has 0 fully saturated rings. The Morgan fingerprint density at radius 2 is 2.00 bits per heavy atom. The first-order valence-corrected chi connectivity index (χ1v) is 9.03. The summed E-state index contributed by atoms with van der Waals surface area (Å²) >= 11 is 1.31. The number of aryl methyl sites for hydroxylation is 2. The lowest BCUT2D eigenvalue weighted by atomic mass is 10.1. The molecule has 0 unspecified atom stereocenters. The summed E-state index contributed by atoms with van der Waals surface area (Å²) in [4.78, 5) is 11.6. The summed E-state index contributed by atoms with van der Waals surface area (Å²) in [5, 5.41) is 12.2. The zero-order valence-corrected chi connectivity index (χ0v) is 16.1. The second-order valence-corrected chi connectivity index (χ2v) is 7.15. The molecule has 1 aromatic rings. The van der Waals surface area contributed by atoms with Gasteiger partial charge in [0.2, 0.25) is 0 Å². The number of nitrogens with one attached hydrogen (secondary N) is 1. The van der Waals surface area contributed by atoms with Gasteiger partial charge in [-0.05, 0) is 48.7 Å². The number of ether oxygens (including phenoxy) is 1. The largest absolute Gasteiger partial charge is 0.454 e. The fourth-order valence-electron chi connectivity index (χ4n) is 1.60. The molecule has 0 heterocycles. The predicted molar refractivity (Wildman–Crippen MR) is 104 cm³/mol. The van der Waals surface area contributed by atoms with E-state index < -0.39 is 0 Å². The highest BCUT2D eigenvalue weighted by Gasteiger charge is 2.10. The van der Waals surface area contributed by atoms with Crippen molar-refractivity contribution < 1.29 is 9.53 Å². The standard InChI is InChI=1S/C18H27N3O2S/c1-12(2)10-19-21-18(24-11-23-17(22)13(3)4)20-16-9-14(5)7-8-15(16)6/h7-10,12-13H,11H2,1-6H3,(H,20,21)/b19-10+. The topological polar surface area (TPSA) is 63.1 Å². The first kappa shape index (κ1) is 20.2. The summed E-state index contributed by atoms with van der Waals surface area (Å²) in [6, 6.07) is 6.17. The van der Waals surface area contributed by atoms with E-state index in [2.05, 4.69) is 33.7 Å². The van der Waals surface area contributed by atoms with E-state index in [1.165, 1.54) is 11.8 Å². The van der Waals surface area contributed by atoms with Gasteiger partial charge >= 0.3 is 5.97 Å². The third kappa shape index (κ3) is 7.64. The van der Waals surface area contributed by atoms with Crippen LogP contribution in [0.1, 0.15) is 38.8 Å². The molecule has 0 saturated heterocycles. The Bertz CT molecular complexity index is 610. The Morgan fingerprint density at radius 1 is 1.29 bits per heavy atom. The molecular weight excluding hydrogens is 322 g/mol. The number of benzene rings is 1. The van der Waals surface area contributed by atoms with Crippen molar-refractivity contribution >= 4 is 34.8 Å². The number of esters is 1. The van der Waals surface area contributed by atoms with E-state index in [0.29, 0.717) is 11.1 Å². The number of amidine groups is 1. The van der Waals surface area contributed by atoms with Crippen LogP contribution in [0.15, 0.2) is 28.4 Å². The molecular formula is C18H27N3O2S. The van der Waals surface area contributed by atoms with Crippen molar-refractivity contribution in [2.24, 2.45) is 22.0 Å². The highest BCUT2D eigenvalue weighted by Crippen LogP contribution is 2.19. The van der Waals surface area contributed by atoms with Crippen LogP contribution >= 0.6 is 11.8 Å². The van der Waals surface area contributed by atoms with Crippen molar-refractivity contribution in [3.63, 3.8) is 0 Å².